The van der Waals surface area contributed by atoms with Crippen molar-refractivity contribution in [2.24, 2.45) is 0 Å². The first kappa shape index (κ1) is 4.71. The van der Waals surface area contributed by atoms with Gasteiger partial charge in [-0.1, -0.05) is 0 Å². The number of H-pyrrole nitrogens is 2. The summed E-state index contributed by atoms with van der Waals surface area (Å²) in [6.07, 6.45) is 5.75. The highest BCUT2D eigenvalue weighted by Gasteiger charge is 1.92. The van der Waals surface area contributed by atoms with Crippen LogP contribution in [0.5, 0.6) is 0 Å². The van der Waals surface area contributed by atoms with E-state index in [0.29, 0.717) is 0 Å². The summed E-state index contributed by atoms with van der Waals surface area (Å²) < 4.78 is 0. The van der Waals surface area contributed by atoms with Crippen LogP contribution in [0.4, 0.5) is 0 Å². The van der Waals surface area contributed by atoms with Crippen LogP contribution in [-0.4, -0.2) is 11.2 Å². The van der Waals surface area contributed by atoms with E-state index < -0.39 is 0 Å². The number of imidazole rings is 1. The molecule has 0 saturated heterocycles. The second kappa shape index (κ2) is 2.02. The fourth-order valence-electron chi connectivity index (χ4n) is 0.394. The molecule has 0 saturated carbocycles. The maximum Gasteiger partial charge on any atom is 0.313 e. The number of rotatable bonds is 1. The summed E-state index contributed by atoms with van der Waals surface area (Å²) >= 11 is 1.66. The largest absolute Gasteiger partial charge is 0.313 e. The quantitative estimate of drug-likeness (QED) is 0.532. The lowest BCUT2D eigenvalue weighted by Crippen LogP contribution is -1.96. The fourth-order valence-corrected chi connectivity index (χ4v) is 0.766. The lowest BCUT2D eigenvalue weighted by molar-refractivity contribution is -0.425. The van der Waals surface area contributed by atoms with Crippen LogP contribution in [0.3, 0.4) is 0 Å². The first-order chi connectivity index (χ1) is 3.43. The third-order valence-electron chi connectivity index (χ3n) is 0.716. The normalized spacial score (nSPS) is 9.29. The van der Waals surface area contributed by atoms with Crippen molar-refractivity contribution in [3.8, 4) is 0 Å². The standard InChI is InChI=1S/C4H6N2S/c1-7-4-5-2-3-6-4/h2-3H,1H3,(H,5,6)/p+1. The van der Waals surface area contributed by atoms with Gasteiger partial charge in [-0.25, -0.2) is 9.97 Å². The van der Waals surface area contributed by atoms with E-state index in [2.05, 4.69) is 9.97 Å². The Morgan fingerprint density at radius 1 is 1.86 bits per heavy atom. The summed E-state index contributed by atoms with van der Waals surface area (Å²) in [5.74, 6) is 0. The summed E-state index contributed by atoms with van der Waals surface area (Å²) in [5.41, 5.74) is 0. The molecule has 2 N–H and O–H groups in total. The molecule has 0 aromatic carbocycles. The van der Waals surface area contributed by atoms with Gasteiger partial charge in [0.1, 0.15) is 12.4 Å². The van der Waals surface area contributed by atoms with Crippen LogP contribution >= 0.6 is 11.8 Å². The van der Waals surface area contributed by atoms with Crippen LogP contribution in [0.1, 0.15) is 0 Å². The average Bonchev–Trinajstić information content (AvgIpc) is 2.14. The maximum atomic E-state index is 2.99. The van der Waals surface area contributed by atoms with E-state index in [0.717, 1.165) is 5.16 Å². The van der Waals surface area contributed by atoms with Crippen molar-refractivity contribution in [3.63, 3.8) is 0 Å². The van der Waals surface area contributed by atoms with E-state index in [1.54, 1.807) is 11.8 Å². The minimum Gasteiger partial charge on any atom is -0.238 e. The van der Waals surface area contributed by atoms with Crippen molar-refractivity contribution >= 4 is 11.8 Å². The summed E-state index contributed by atoms with van der Waals surface area (Å²) in [6, 6.07) is 0. The van der Waals surface area contributed by atoms with Crippen molar-refractivity contribution in [1.82, 2.24) is 4.98 Å². The molecule has 0 radical (unpaired) electrons. The predicted octanol–water partition coefficient (Wildman–Crippen LogP) is 0.551. The Hall–Kier alpha value is -0.440. The monoisotopic (exact) mass is 115 g/mol. The number of nitrogens with one attached hydrogen (secondary N) is 2. The van der Waals surface area contributed by atoms with Crippen molar-refractivity contribution in [2.45, 2.75) is 5.16 Å². The van der Waals surface area contributed by atoms with Crippen LogP contribution in [0.2, 0.25) is 0 Å². The van der Waals surface area contributed by atoms with Gasteiger partial charge in [0.05, 0.1) is 0 Å². The SMILES string of the molecule is CSc1[nH]cc[nH+]1. The van der Waals surface area contributed by atoms with E-state index in [1.165, 1.54) is 0 Å². The topological polar surface area (TPSA) is 29.9 Å². The minimum absolute atomic E-state index is 1.10. The molecule has 0 atom stereocenters. The lowest BCUT2D eigenvalue weighted by Gasteiger charge is -1.71. The van der Waals surface area contributed by atoms with E-state index in [-0.39, 0.29) is 0 Å². The Bertz CT molecular complexity index is 124. The van der Waals surface area contributed by atoms with Gasteiger partial charge in [-0.05, 0) is 18.0 Å². The fraction of sp³-hybridized carbons (Fsp3) is 0.250. The van der Waals surface area contributed by atoms with Crippen LogP contribution in [0.15, 0.2) is 17.6 Å². The summed E-state index contributed by atoms with van der Waals surface area (Å²) in [4.78, 5) is 5.99. The maximum absolute atomic E-state index is 2.99. The molecule has 1 heterocycles. The Balaban J connectivity index is 2.76. The van der Waals surface area contributed by atoms with Crippen LogP contribution in [-0.2, 0) is 0 Å². The number of hydrogen-bond acceptors (Lipinski definition) is 1. The molecule has 0 fully saturated rings. The summed E-state index contributed by atoms with van der Waals surface area (Å²) in [6.45, 7) is 0. The smallest absolute Gasteiger partial charge is 0.238 e. The number of thioether (sulfide) groups is 1. The molecule has 0 bridgehead atoms. The van der Waals surface area contributed by atoms with Gasteiger partial charge in [0.2, 0.25) is 0 Å². The Labute approximate surface area is 46.3 Å². The van der Waals surface area contributed by atoms with E-state index in [9.17, 15) is 0 Å². The van der Waals surface area contributed by atoms with Gasteiger partial charge in [-0.2, -0.15) is 0 Å². The molecule has 3 heteroatoms. The molecule has 0 aliphatic carbocycles. The van der Waals surface area contributed by atoms with Crippen molar-refractivity contribution in [3.05, 3.63) is 12.4 Å². The molecule has 38 valence electrons. The molecule has 0 spiro atoms. The second-order valence-corrected chi connectivity index (χ2v) is 1.97. The molecule has 0 unspecified atom stereocenters. The molecule has 1 aromatic rings. The second-order valence-electron chi connectivity index (χ2n) is 1.16. The Morgan fingerprint density at radius 2 is 2.71 bits per heavy atom. The molecular weight excluding hydrogens is 108 g/mol. The Kier molecular flexibility index (Phi) is 1.36. The van der Waals surface area contributed by atoms with Gasteiger partial charge in [0, 0.05) is 0 Å². The highest BCUT2D eigenvalue weighted by atomic mass is 32.2. The van der Waals surface area contributed by atoms with Gasteiger partial charge < -0.3 is 0 Å². The van der Waals surface area contributed by atoms with Crippen molar-refractivity contribution < 1.29 is 4.98 Å². The summed E-state index contributed by atoms with van der Waals surface area (Å²) in [5, 5.41) is 1.10. The number of aromatic nitrogens is 2. The van der Waals surface area contributed by atoms with Gasteiger partial charge in [-0.15, -0.1) is 0 Å². The zero-order chi connectivity index (χ0) is 5.11. The van der Waals surface area contributed by atoms with Gasteiger partial charge >= 0.3 is 5.16 Å². The zero-order valence-electron chi connectivity index (χ0n) is 4.06. The molecule has 1 aromatic heterocycles. The molecule has 0 aliphatic heterocycles. The third-order valence-corrected chi connectivity index (χ3v) is 1.36. The van der Waals surface area contributed by atoms with Crippen LogP contribution in [0, 0.1) is 0 Å². The van der Waals surface area contributed by atoms with Crippen LogP contribution < -0.4 is 4.98 Å². The molecule has 0 amide bonds. The highest BCUT2D eigenvalue weighted by molar-refractivity contribution is 7.98. The average molecular weight is 115 g/mol. The van der Waals surface area contributed by atoms with Gasteiger partial charge in [0.25, 0.3) is 0 Å². The molecule has 7 heavy (non-hydrogen) atoms. The zero-order valence-corrected chi connectivity index (χ0v) is 4.88. The van der Waals surface area contributed by atoms with Gasteiger partial charge in [-0.3, -0.25) is 0 Å². The van der Waals surface area contributed by atoms with E-state index in [4.69, 9.17) is 0 Å². The minimum atomic E-state index is 1.10. The third kappa shape index (κ3) is 0.962. The predicted molar refractivity (Wildman–Crippen MR) is 29.1 cm³/mol. The summed E-state index contributed by atoms with van der Waals surface area (Å²) in [7, 11) is 0. The molecule has 1 rings (SSSR count). The highest BCUT2D eigenvalue weighted by Crippen LogP contribution is 1.99. The van der Waals surface area contributed by atoms with Crippen molar-refractivity contribution in [2.75, 3.05) is 6.26 Å². The first-order valence-electron chi connectivity index (χ1n) is 2.02. The van der Waals surface area contributed by atoms with Crippen LogP contribution in [0.25, 0.3) is 0 Å². The Morgan fingerprint density at radius 3 is 3.00 bits per heavy atom. The lowest BCUT2D eigenvalue weighted by atomic mass is 11.0. The van der Waals surface area contributed by atoms with E-state index >= 15 is 0 Å². The van der Waals surface area contributed by atoms with Gasteiger partial charge in [0.15, 0.2) is 0 Å². The van der Waals surface area contributed by atoms with Crippen molar-refractivity contribution in [1.29, 1.82) is 0 Å². The number of hydrogen-bond donors (Lipinski definition) is 1. The first-order valence-corrected chi connectivity index (χ1v) is 3.25. The van der Waals surface area contributed by atoms with E-state index in [1.807, 2.05) is 18.6 Å². The number of aromatic amines is 2. The molecule has 2 nitrogen and oxygen atoms in total. The molecule has 0 aliphatic rings. The molecular formula is C4H7N2S+.